The third-order valence-corrected chi connectivity index (χ3v) is 14.6. The minimum Gasteiger partial charge on any atom is -0.494 e. The molecule has 4 aromatic rings. The number of nitrogens with zero attached hydrogens (tertiary/aromatic N) is 5. The van der Waals surface area contributed by atoms with Gasteiger partial charge < -0.3 is 39.4 Å². The van der Waals surface area contributed by atoms with Crippen molar-refractivity contribution in [3.05, 3.63) is 82.5 Å². The summed E-state index contributed by atoms with van der Waals surface area (Å²) in [6, 6.07) is 16.0. The Hall–Kier alpha value is -5.66. The van der Waals surface area contributed by atoms with Crippen LogP contribution >= 0.6 is 18.7 Å². The van der Waals surface area contributed by atoms with Crippen molar-refractivity contribution < 1.29 is 33.2 Å². The Morgan fingerprint density at radius 2 is 1.71 bits per heavy atom. The topological polar surface area (TPSA) is 175 Å². The van der Waals surface area contributed by atoms with E-state index in [1.165, 1.54) is 11.1 Å². The van der Waals surface area contributed by atoms with Crippen LogP contribution in [0.4, 0.5) is 28.8 Å². The fraction of sp³-hybridized carbons (Fsp3) is 0.422. The number of nitrogens with one attached hydrogen (secondary N) is 3. The van der Waals surface area contributed by atoms with Gasteiger partial charge in [0.1, 0.15) is 29.7 Å². The molecule has 3 aromatic carbocycles. The monoisotopic (exact) mass is 882 g/mol. The summed E-state index contributed by atoms with van der Waals surface area (Å²) in [5, 5.41) is 9.95. The molecule has 3 fully saturated rings. The highest BCUT2D eigenvalue weighted by Crippen LogP contribution is 2.45. The van der Waals surface area contributed by atoms with Crippen LogP contribution in [0.15, 0.2) is 60.8 Å². The number of anilines is 5. The largest absolute Gasteiger partial charge is 0.494 e. The Bertz CT molecular complexity index is 2460. The van der Waals surface area contributed by atoms with Gasteiger partial charge in [-0.3, -0.25) is 24.5 Å². The maximum Gasteiger partial charge on any atom is 0.260 e. The van der Waals surface area contributed by atoms with Gasteiger partial charge in [0.2, 0.25) is 17.8 Å². The van der Waals surface area contributed by atoms with Crippen molar-refractivity contribution >= 4 is 76.5 Å². The van der Waals surface area contributed by atoms with Crippen LogP contribution in [0.2, 0.25) is 5.02 Å². The first-order valence-electron chi connectivity index (χ1n) is 21.1. The first-order chi connectivity index (χ1) is 29.8. The van der Waals surface area contributed by atoms with Gasteiger partial charge >= 0.3 is 0 Å². The lowest BCUT2D eigenvalue weighted by Gasteiger charge is -2.47. The van der Waals surface area contributed by atoms with E-state index in [2.05, 4.69) is 49.9 Å². The van der Waals surface area contributed by atoms with Crippen molar-refractivity contribution in [1.82, 2.24) is 25.1 Å². The minimum absolute atomic E-state index is 0.0964. The number of carbonyl (C=O) groups is 4. The first-order valence-corrected chi connectivity index (χ1v) is 24.1. The molecule has 4 aliphatic rings. The fourth-order valence-corrected chi connectivity index (χ4v) is 10.4. The number of benzene rings is 3. The summed E-state index contributed by atoms with van der Waals surface area (Å²) in [5.41, 5.74) is 4.93. The molecule has 0 aliphatic carbocycles. The Labute approximate surface area is 366 Å². The number of hydrogen-bond acceptors (Lipinski definition) is 12. The number of rotatable bonds is 12. The Morgan fingerprint density at radius 1 is 0.968 bits per heavy atom. The quantitative estimate of drug-likeness (QED) is 0.104. The predicted octanol–water partition coefficient (Wildman–Crippen LogP) is 6.49. The van der Waals surface area contributed by atoms with Crippen molar-refractivity contribution in [2.45, 2.75) is 64.5 Å². The molecule has 0 radical (unpaired) electrons. The summed E-state index contributed by atoms with van der Waals surface area (Å²) in [5.74, 6) is 0.642. The summed E-state index contributed by atoms with van der Waals surface area (Å²) in [6.07, 6.45) is 6.62. The van der Waals surface area contributed by atoms with Gasteiger partial charge in [-0.1, -0.05) is 36.7 Å². The van der Waals surface area contributed by atoms with Gasteiger partial charge in [-0.05, 0) is 93.2 Å². The molecule has 1 spiro atoms. The lowest BCUT2D eigenvalue weighted by molar-refractivity contribution is -0.137. The van der Waals surface area contributed by atoms with E-state index in [-0.39, 0.29) is 49.1 Å². The number of amides is 4. The van der Waals surface area contributed by atoms with Gasteiger partial charge in [0, 0.05) is 60.8 Å². The number of ether oxygens (including phenoxy) is 2. The highest BCUT2D eigenvalue weighted by Gasteiger charge is 2.41. The number of aryl methyl sites for hydroxylation is 1. The first kappa shape index (κ1) is 43.0. The number of methoxy groups -OCH3 is 1. The molecule has 62 heavy (non-hydrogen) atoms. The number of para-hydroxylation sites is 1. The summed E-state index contributed by atoms with van der Waals surface area (Å²) in [7, 11) is -0.929. The van der Waals surface area contributed by atoms with Crippen molar-refractivity contribution in [3.63, 3.8) is 0 Å². The molecule has 17 heteroatoms. The lowest BCUT2D eigenvalue weighted by atomic mass is 9.71. The Morgan fingerprint density at radius 3 is 2.42 bits per heavy atom. The lowest BCUT2D eigenvalue weighted by Crippen LogP contribution is -2.52. The van der Waals surface area contributed by atoms with E-state index in [1.807, 2.05) is 29.2 Å². The average molecular weight is 883 g/mol. The predicted molar refractivity (Wildman–Crippen MR) is 239 cm³/mol. The van der Waals surface area contributed by atoms with E-state index >= 15 is 0 Å². The van der Waals surface area contributed by atoms with Crippen LogP contribution in [-0.2, 0) is 31.9 Å². The number of imide groups is 1. The molecule has 8 rings (SSSR count). The van der Waals surface area contributed by atoms with Crippen LogP contribution in [0.1, 0.15) is 66.9 Å². The van der Waals surface area contributed by atoms with Crippen LogP contribution in [-0.4, -0.2) is 103 Å². The third kappa shape index (κ3) is 8.83. The van der Waals surface area contributed by atoms with Crippen LogP contribution < -0.4 is 35.6 Å². The van der Waals surface area contributed by atoms with Gasteiger partial charge in [0.05, 0.1) is 31.2 Å². The van der Waals surface area contributed by atoms with E-state index in [1.54, 1.807) is 38.6 Å². The van der Waals surface area contributed by atoms with Crippen LogP contribution in [0.25, 0.3) is 0 Å². The van der Waals surface area contributed by atoms with E-state index in [4.69, 9.17) is 21.1 Å². The maximum atomic E-state index is 13.4. The molecular formula is C45H52ClN8O7P. The molecule has 3 N–H and O–H groups in total. The summed E-state index contributed by atoms with van der Waals surface area (Å²) < 4.78 is 24.9. The van der Waals surface area contributed by atoms with Crippen LogP contribution in [0.5, 0.6) is 11.5 Å². The SMILES string of the molecule is CCc1cc(Nc2ncc(Cl)c(Nc3ccccc3P(C)(C)=O)n2)c(OC)cc1N1CCC2(CCN(C(=O)COc3cccc4c3CN(C3CCC(=O)NC3=O)C4=O)CC2)CC1. The molecule has 1 aromatic heterocycles. The molecule has 3 saturated heterocycles. The standard InChI is InChI=1S/C45H52ClN8O7P/c1-5-28-23-33(49-44-47-25-31(46)41(51-44)48-32-10-6-7-12-38(32)62(3,4)59)37(60-2)24-35(28)52-19-15-45(16-20-52)17-21-53(22-18-45)40(56)27-61-36-11-8-9-29-30(36)26-54(43(29)58)34-13-14-39(55)50-42(34)57/h6-12,23-25,34H,5,13-22,26-27H2,1-4H3,(H,50,55,57)(H2,47,48,49,51). The number of piperidine rings is 3. The molecule has 4 aliphatic heterocycles. The smallest absolute Gasteiger partial charge is 0.260 e. The summed E-state index contributed by atoms with van der Waals surface area (Å²) in [6.45, 7) is 8.69. The normalized spacial score (nSPS) is 18.7. The highest BCUT2D eigenvalue weighted by atomic mass is 35.5. The van der Waals surface area contributed by atoms with Crippen molar-refractivity contribution in [3.8, 4) is 11.5 Å². The zero-order valence-corrected chi connectivity index (χ0v) is 37.1. The summed E-state index contributed by atoms with van der Waals surface area (Å²) in [4.78, 5) is 65.8. The van der Waals surface area contributed by atoms with E-state index in [0.717, 1.165) is 62.1 Å². The molecule has 4 amide bonds. The zero-order valence-electron chi connectivity index (χ0n) is 35.5. The summed E-state index contributed by atoms with van der Waals surface area (Å²) >= 11 is 6.52. The fourth-order valence-electron chi connectivity index (χ4n) is 9.15. The zero-order chi connectivity index (χ0) is 43.8. The van der Waals surface area contributed by atoms with E-state index in [9.17, 15) is 23.7 Å². The second-order valence-corrected chi connectivity index (χ2v) is 20.5. The van der Waals surface area contributed by atoms with Gasteiger partial charge in [-0.25, -0.2) is 4.98 Å². The molecule has 0 saturated carbocycles. The van der Waals surface area contributed by atoms with Crippen LogP contribution in [0.3, 0.4) is 0 Å². The van der Waals surface area contributed by atoms with Crippen LogP contribution in [0, 0.1) is 5.41 Å². The number of hydrogen-bond donors (Lipinski definition) is 3. The Balaban J connectivity index is 0.865. The Kier molecular flexibility index (Phi) is 12.2. The number of aromatic nitrogens is 2. The van der Waals surface area contributed by atoms with Crippen molar-refractivity contribution in [1.29, 1.82) is 0 Å². The third-order valence-electron chi connectivity index (χ3n) is 12.7. The highest BCUT2D eigenvalue weighted by molar-refractivity contribution is 7.70. The number of halogens is 1. The number of likely N-dealkylation sites (tertiary alicyclic amines) is 1. The van der Waals surface area contributed by atoms with Crippen molar-refractivity contribution in [2.24, 2.45) is 5.41 Å². The number of carbonyl (C=O) groups excluding carboxylic acids is 4. The second kappa shape index (κ2) is 17.6. The van der Waals surface area contributed by atoms with Crippen molar-refractivity contribution in [2.75, 3.05) is 68.8 Å². The molecule has 1 unspecified atom stereocenters. The van der Waals surface area contributed by atoms with E-state index < -0.39 is 19.1 Å². The number of fused-ring (bicyclic) bond motifs is 1. The van der Waals surface area contributed by atoms with Gasteiger partial charge in [-0.15, -0.1) is 0 Å². The second-order valence-electron chi connectivity index (χ2n) is 16.9. The molecule has 5 heterocycles. The molecule has 0 bridgehead atoms. The minimum atomic E-state index is -2.57. The van der Waals surface area contributed by atoms with Gasteiger partial charge in [0.25, 0.3) is 11.8 Å². The molecule has 15 nitrogen and oxygen atoms in total. The maximum absolute atomic E-state index is 13.4. The van der Waals surface area contributed by atoms with E-state index in [0.29, 0.717) is 63.5 Å². The average Bonchev–Trinajstić information content (AvgIpc) is 3.60. The molecular weight excluding hydrogens is 831 g/mol. The van der Waals surface area contributed by atoms with Gasteiger partial charge in [0.15, 0.2) is 12.4 Å². The van der Waals surface area contributed by atoms with Gasteiger partial charge in [-0.2, -0.15) is 4.98 Å². The molecule has 326 valence electrons. The molecule has 1 atom stereocenters.